The van der Waals surface area contributed by atoms with Crippen molar-refractivity contribution in [3.63, 3.8) is 0 Å². The van der Waals surface area contributed by atoms with Gasteiger partial charge < -0.3 is 9.47 Å². The van der Waals surface area contributed by atoms with Gasteiger partial charge in [-0.25, -0.2) is 13.1 Å². The van der Waals surface area contributed by atoms with Crippen molar-refractivity contribution in [3.8, 4) is 0 Å². The van der Waals surface area contributed by atoms with Crippen LogP contribution in [-0.2, 0) is 24.3 Å². The standard InChI is InChI=1S/C9H19NO5S/c1-9(11)15-8-7-14-6-4-3-5-10-16(2,12)13/h10H,3-8H2,1-2H3. The third-order valence-corrected chi connectivity index (χ3v) is 2.34. The first-order valence-corrected chi connectivity index (χ1v) is 6.96. The quantitative estimate of drug-likeness (QED) is 0.458. The molecule has 0 aromatic rings. The van der Waals surface area contributed by atoms with Crippen LogP contribution in [0.2, 0.25) is 0 Å². The molecule has 0 radical (unpaired) electrons. The van der Waals surface area contributed by atoms with E-state index in [2.05, 4.69) is 9.46 Å². The van der Waals surface area contributed by atoms with Crippen molar-refractivity contribution < 1.29 is 22.7 Å². The molecule has 0 rings (SSSR count). The van der Waals surface area contributed by atoms with Crippen LogP contribution < -0.4 is 4.72 Å². The van der Waals surface area contributed by atoms with Gasteiger partial charge in [0.1, 0.15) is 6.61 Å². The second-order valence-electron chi connectivity index (χ2n) is 3.33. The number of carbonyl (C=O) groups excluding carboxylic acids is 1. The summed E-state index contributed by atoms with van der Waals surface area (Å²) < 4.78 is 33.6. The normalized spacial score (nSPS) is 11.4. The molecule has 0 aromatic carbocycles. The molecule has 0 fully saturated rings. The summed E-state index contributed by atoms with van der Waals surface area (Å²) in [4.78, 5) is 10.4. The average molecular weight is 253 g/mol. The summed E-state index contributed by atoms with van der Waals surface area (Å²) in [5, 5.41) is 0. The summed E-state index contributed by atoms with van der Waals surface area (Å²) in [6.07, 6.45) is 2.62. The van der Waals surface area contributed by atoms with Gasteiger partial charge in [0.2, 0.25) is 10.0 Å². The Balaban J connectivity index is 3.13. The van der Waals surface area contributed by atoms with Crippen molar-refractivity contribution in [3.05, 3.63) is 0 Å². The van der Waals surface area contributed by atoms with E-state index in [-0.39, 0.29) is 12.6 Å². The lowest BCUT2D eigenvalue weighted by Crippen LogP contribution is -2.23. The van der Waals surface area contributed by atoms with Crippen LogP contribution in [0, 0.1) is 0 Å². The molecule has 0 heterocycles. The third-order valence-electron chi connectivity index (χ3n) is 1.61. The lowest BCUT2D eigenvalue weighted by Gasteiger charge is -2.04. The van der Waals surface area contributed by atoms with Gasteiger partial charge in [-0.3, -0.25) is 4.79 Å². The van der Waals surface area contributed by atoms with E-state index in [9.17, 15) is 13.2 Å². The first-order valence-electron chi connectivity index (χ1n) is 5.07. The van der Waals surface area contributed by atoms with Crippen LogP contribution in [0.1, 0.15) is 19.8 Å². The lowest BCUT2D eigenvalue weighted by atomic mass is 10.3. The molecule has 1 N–H and O–H groups in total. The summed E-state index contributed by atoms with van der Waals surface area (Å²) in [5.74, 6) is -0.319. The smallest absolute Gasteiger partial charge is 0.302 e. The van der Waals surface area contributed by atoms with E-state index in [0.717, 1.165) is 19.1 Å². The van der Waals surface area contributed by atoms with Gasteiger partial charge in [0, 0.05) is 20.1 Å². The van der Waals surface area contributed by atoms with E-state index >= 15 is 0 Å². The van der Waals surface area contributed by atoms with E-state index in [1.807, 2.05) is 0 Å². The number of carbonyl (C=O) groups is 1. The Bertz CT molecular complexity index is 288. The molecule has 0 bridgehead atoms. The molecule has 0 unspecified atom stereocenters. The number of esters is 1. The third kappa shape index (κ3) is 13.3. The molecule has 0 aliphatic carbocycles. The van der Waals surface area contributed by atoms with Crippen molar-refractivity contribution in [1.29, 1.82) is 0 Å². The highest BCUT2D eigenvalue weighted by Gasteiger charge is 1.98. The van der Waals surface area contributed by atoms with Crippen molar-refractivity contribution in [2.75, 3.05) is 32.6 Å². The minimum Gasteiger partial charge on any atom is -0.463 e. The molecule has 0 spiro atoms. The molecule has 0 saturated heterocycles. The van der Waals surface area contributed by atoms with E-state index < -0.39 is 10.0 Å². The molecule has 16 heavy (non-hydrogen) atoms. The fourth-order valence-electron chi connectivity index (χ4n) is 0.933. The van der Waals surface area contributed by atoms with Crippen LogP contribution in [0.5, 0.6) is 0 Å². The van der Waals surface area contributed by atoms with Gasteiger partial charge in [0.05, 0.1) is 12.9 Å². The Labute approximate surface area is 96.4 Å². The zero-order chi connectivity index (χ0) is 12.4. The maximum atomic E-state index is 10.7. The van der Waals surface area contributed by atoms with Gasteiger partial charge in [0.15, 0.2) is 0 Å². The van der Waals surface area contributed by atoms with Crippen LogP contribution >= 0.6 is 0 Å². The summed E-state index contributed by atoms with van der Waals surface area (Å²) in [5.41, 5.74) is 0. The van der Waals surface area contributed by atoms with Crippen LogP contribution in [0.15, 0.2) is 0 Å². The fourth-order valence-corrected chi connectivity index (χ4v) is 1.45. The highest BCUT2D eigenvalue weighted by molar-refractivity contribution is 7.88. The molecule has 96 valence electrons. The molecule has 0 atom stereocenters. The predicted molar refractivity (Wildman–Crippen MR) is 59.5 cm³/mol. The maximum Gasteiger partial charge on any atom is 0.302 e. The van der Waals surface area contributed by atoms with Crippen LogP contribution in [0.3, 0.4) is 0 Å². The first-order chi connectivity index (χ1) is 7.42. The Hall–Kier alpha value is -0.660. The van der Waals surface area contributed by atoms with Gasteiger partial charge in [-0.2, -0.15) is 0 Å². The lowest BCUT2D eigenvalue weighted by molar-refractivity contribution is -0.142. The minimum atomic E-state index is -3.08. The van der Waals surface area contributed by atoms with Gasteiger partial charge in [-0.15, -0.1) is 0 Å². The number of hydrogen-bond donors (Lipinski definition) is 1. The van der Waals surface area contributed by atoms with Gasteiger partial charge >= 0.3 is 5.97 Å². The van der Waals surface area contributed by atoms with E-state index in [4.69, 9.17) is 4.74 Å². The second-order valence-corrected chi connectivity index (χ2v) is 5.16. The SMILES string of the molecule is CC(=O)OCCOCCCCNS(C)(=O)=O. The molecule has 0 amide bonds. The van der Waals surface area contributed by atoms with Crippen LogP contribution in [-0.4, -0.2) is 47.0 Å². The number of ether oxygens (including phenoxy) is 2. The molecular formula is C9H19NO5S. The Morgan fingerprint density at radius 2 is 1.88 bits per heavy atom. The number of hydrogen-bond acceptors (Lipinski definition) is 5. The predicted octanol–water partition coefficient (Wildman–Crippen LogP) is -0.104. The Morgan fingerprint density at radius 1 is 1.19 bits per heavy atom. The summed E-state index contributed by atoms with van der Waals surface area (Å²) >= 11 is 0. The molecule has 0 aromatic heterocycles. The molecule has 0 aliphatic rings. The fraction of sp³-hybridized carbons (Fsp3) is 0.889. The molecule has 0 saturated carbocycles. The maximum absolute atomic E-state index is 10.7. The number of sulfonamides is 1. The highest BCUT2D eigenvalue weighted by Crippen LogP contribution is 1.90. The largest absolute Gasteiger partial charge is 0.463 e. The van der Waals surface area contributed by atoms with Crippen molar-refractivity contribution in [2.45, 2.75) is 19.8 Å². The number of rotatable bonds is 9. The van der Waals surface area contributed by atoms with E-state index in [1.54, 1.807) is 0 Å². The molecule has 0 aliphatic heterocycles. The van der Waals surface area contributed by atoms with Crippen molar-refractivity contribution in [2.24, 2.45) is 0 Å². The van der Waals surface area contributed by atoms with Crippen LogP contribution in [0.25, 0.3) is 0 Å². The van der Waals surface area contributed by atoms with Gasteiger partial charge in [-0.1, -0.05) is 0 Å². The van der Waals surface area contributed by atoms with E-state index in [1.165, 1.54) is 6.92 Å². The van der Waals surface area contributed by atoms with Crippen molar-refractivity contribution >= 4 is 16.0 Å². The second kappa shape index (κ2) is 8.49. The zero-order valence-electron chi connectivity index (χ0n) is 9.69. The monoisotopic (exact) mass is 253 g/mol. The number of nitrogens with one attached hydrogen (secondary N) is 1. The van der Waals surface area contributed by atoms with Gasteiger partial charge in [0.25, 0.3) is 0 Å². The minimum absolute atomic E-state index is 0.261. The average Bonchev–Trinajstić information content (AvgIpc) is 2.13. The Kier molecular flexibility index (Phi) is 8.14. The number of unbranched alkanes of at least 4 members (excludes halogenated alkanes) is 1. The summed E-state index contributed by atoms with van der Waals surface area (Å²) in [7, 11) is -3.08. The van der Waals surface area contributed by atoms with E-state index in [0.29, 0.717) is 19.8 Å². The Morgan fingerprint density at radius 3 is 2.44 bits per heavy atom. The van der Waals surface area contributed by atoms with Gasteiger partial charge in [-0.05, 0) is 12.8 Å². The zero-order valence-corrected chi connectivity index (χ0v) is 10.5. The highest BCUT2D eigenvalue weighted by atomic mass is 32.2. The van der Waals surface area contributed by atoms with Crippen molar-refractivity contribution in [1.82, 2.24) is 4.72 Å². The summed E-state index contributed by atoms with van der Waals surface area (Å²) in [6, 6.07) is 0. The topological polar surface area (TPSA) is 81.7 Å². The molecular weight excluding hydrogens is 234 g/mol. The summed E-state index contributed by atoms with van der Waals surface area (Å²) in [6.45, 7) is 2.94. The van der Waals surface area contributed by atoms with Crippen LogP contribution in [0.4, 0.5) is 0 Å². The first kappa shape index (κ1) is 15.3. The molecule has 7 heteroatoms. The molecule has 6 nitrogen and oxygen atoms in total.